The summed E-state index contributed by atoms with van der Waals surface area (Å²) in [6, 6.07) is 5.53. The second-order valence-electron chi connectivity index (χ2n) is 7.84. The first-order valence-corrected chi connectivity index (χ1v) is 9.99. The van der Waals surface area contributed by atoms with Gasteiger partial charge in [0.05, 0.1) is 6.54 Å². The van der Waals surface area contributed by atoms with Gasteiger partial charge in [-0.2, -0.15) is 13.2 Å². The highest BCUT2D eigenvalue weighted by Crippen LogP contribution is 2.54. The number of carbonyl (C=O) groups is 1. The number of ether oxygens (including phenoxy) is 4. The molecule has 0 N–H and O–H groups in total. The number of allylic oxidation sites excluding steroid dienone is 2. The lowest BCUT2D eigenvalue weighted by Gasteiger charge is -2.41. The molecular weight excluding hydrogens is 431 g/mol. The maximum Gasteiger partial charge on any atom is 0.449 e. The van der Waals surface area contributed by atoms with Crippen LogP contribution >= 0.6 is 0 Å². The predicted octanol–water partition coefficient (Wildman–Crippen LogP) is 4.87. The van der Waals surface area contributed by atoms with Crippen molar-refractivity contribution in [3.8, 4) is 17.2 Å². The predicted molar refractivity (Wildman–Crippen MR) is 101 cm³/mol. The van der Waals surface area contributed by atoms with E-state index in [4.69, 9.17) is 23.4 Å². The van der Waals surface area contributed by atoms with Gasteiger partial charge in [0.15, 0.2) is 11.5 Å². The number of fused-ring (bicyclic) bond motifs is 4. The average Bonchev–Trinajstić information content (AvgIpc) is 3.49. The van der Waals surface area contributed by atoms with Crippen LogP contribution in [0.5, 0.6) is 17.2 Å². The minimum atomic E-state index is -4.60. The summed E-state index contributed by atoms with van der Waals surface area (Å²) in [7, 11) is 0. The Balaban J connectivity index is 1.41. The fourth-order valence-corrected chi connectivity index (χ4v) is 4.52. The van der Waals surface area contributed by atoms with Crippen LogP contribution in [0.3, 0.4) is 0 Å². The van der Waals surface area contributed by atoms with Gasteiger partial charge in [0.1, 0.15) is 18.1 Å². The third-order valence-corrected chi connectivity index (χ3v) is 5.98. The molecule has 1 aromatic heterocycles. The lowest BCUT2D eigenvalue weighted by Crippen LogP contribution is -2.48. The first kappa shape index (κ1) is 19.1. The summed E-state index contributed by atoms with van der Waals surface area (Å²) in [4.78, 5) is 14.5. The van der Waals surface area contributed by atoms with E-state index in [0.717, 1.165) is 11.6 Å². The summed E-state index contributed by atoms with van der Waals surface area (Å²) in [6.45, 7) is -0.00479. The average molecular weight is 447 g/mol. The molecule has 0 radical (unpaired) electrons. The van der Waals surface area contributed by atoms with Crippen LogP contribution in [0.4, 0.5) is 18.0 Å². The van der Waals surface area contributed by atoms with Crippen LogP contribution in [0, 0.1) is 0 Å². The summed E-state index contributed by atoms with van der Waals surface area (Å²) in [6.07, 6.45) is -0.227. The molecule has 1 aromatic carbocycles. The molecule has 6 rings (SSSR count). The Hall–Kier alpha value is -3.56. The standard InChI is InChI=1S/C22H16F3NO6/c23-22(24,25)19-6-5-12(31-19)9-26-15-4-2-1-3-13(15)21(32-20(26)27)10-28-16-8-18-17(7-14(16)21)29-11-30-18/h1,3,5-8H,2,4,9-11H2. The van der Waals surface area contributed by atoms with Crippen LogP contribution in [0.25, 0.3) is 0 Å². The van der Waals surface area contributed by atoms with E-state index in [1.54, 1.807) is 12.1 Å². The molecule has 1 amide bonds. The van der Waals surface area contributed by atoms with Crippen molar-refractivity contribution in [2.45, 2.75) is 31.2 Å². The van der Waals surface area contributed by atoms with Crippen molar-refractivity contribution in [3.05, 3.63) is 64.8 Å². The van der Waals surface area contributed by atoms with Crippen molar-refractivity contribution in [1.82, 2.24) is 4.90 Å². The highest BCUT2D eigenvalue weighted by Gasteiger charge is 2.53. The molecule has 1 spiro atoms. The second-order valence-corrected chi connectivity index (χ2v) is 7.84. The molecular formula is C22H16F3NO6. The van der Waals surface area contributed by atoms with Crippen molar-refractivity contribution in [3.63, 3.8) is 0 Å². The minimum Gasteiger partial charge on any atom is -0.488 e. The fourth-order valence-electron chi connectivity index (χ4n) is 4.52. The Morgan fingerprint density at radius 3 is 2.66 bits per heavy atom. The van der Waals surface area contributed by atoms with Crippen LogP contribution in [0.2, 0.25) is 0 Å². The number of amides is 1. The van der Waals surface area contributed by atoms with E-state index in [0.29, 0.717) is 41.4 Å². The molecule has 0 saturated heterocycles. The van der Waals surface area contributed by atoms with Gasteiger partial charge in [0.2, 0.25) is 18.2 Å². The van der Waals surface area contributed by atoms with Crippen LogP contribution in [0.1, 0.15) is 29.9 Å². The molecule has 3 aliphatic heterocycles. The van der Waals surface area contributed by atoms with Gasteiger partial charge in [-0.3, -0.25) is 4.90 Å². The molecule has 0 fully saturated rings. The van der Waals surface area contributed by atoms with Gasteiger partial charge in [0, 0.05) is 22.9 Å². The first-order chi connectivity index (χ1) is 15.3. The van der Waals surface area contributed by atoms with Crippen molar-refractivity contribution < 1.29 is 41.3 Å². The van der Waals surface area contributed by atoms with Crippen molar-refractivity contribution in [2.75, 3.05) is 13.4 Å². The van der Waals surface area contributed by atoms with Gasteiger partial charge in [-0.1, -0.05) is 12.2 Å². The quantitative estimate of drug-likeness (QED) is 0.654. The zero-order chi connectivity index (χ0) is 22.1. The highest BCUT2D eigenvalue weighted by atomic mass is 19.4. The Kier molecular flexibility index (Phi) is 3.87. The maximum absolute atomic E-state index is 13.1. The van der Waals surface area contributed by atoms with E-state index in [9.17, 15) is 18.0 Å². The topological polar surface area (TPSA) is 70.4 Å². The Labute approximate surface area is 179 Å². The molecule has 10 heteroatoms. The molecule has 4 aliphatic rings. The summed E-state index contributed by atoms with van der Waals surface area (Å²) in [5, 5.41) is 0. The Morgan fingerprint density at radius 2 is 1.88 bits per heavy atom. The van der Waals surface area contributed by atoms with Crippen LogP contribution in [-0.2, 0) is 23.1 Å². The third kappa shape index (κ3) is 2.71. The summed E-state index contributed by atoms with van der Waals surface area (Å²) >= 11 is 0. The van der Waals surface area contributed by atoms with Crippen LogP contribution < -0.4 is 14.2 Å². The van der Waals surface area contributed by atoms with Gasteiger partial charge in [0.25, 0.3) is 0 Å². The smallest absolute Gasteiger partial charge is 0.449 e. The fraction of sp³-hybridized carbons (Fsp3) is 0.318. The van der Waals surface area contributed by atoms with Crippen LogP contribution in [0.15, 0.2) is 52.1 Å². The van der Waals surface area contributed by atoms with Gasteiger partial charge in [-0.15, -0.1) is 0 Å². The van der Waals surface area contributed by atoms with Gasteiger partial charge < -0.3 is 23.4 Å². The highest BCUT2D eigenvalue weighted by molar-refractivity contribution is 5.76. The molecule has 32 heavy (non-hydrogen) atoms. The molecule has 7 nitrogen and oxygen atoms in total. The largest absolute Gasteiger partial charge is 0.488 e. The van der Waals surface area contributed by atoms with E-state index >= 15 is 0 Å². The van der Waals surface area contributed by atoms with E-state index in [1.807, 2.05) is 12.2 Å². The van der Waals surface area contributed by atoms with E-state index < -0.39 is 23.6 Å². The Bertz CT molecular complexity index is 1200. The van der Waals surface area contributed by atoms with Crippen molar-refractivity contribution in [1.29, 1.82) is 0 Å². The summed E-state index contributed by atoms with van der Waals surface area (Å²) in [5.41, 5.74) is 0.869. The number of carbonyl (C=O) groups excluding carboxylic acids is 1. The second kappa shape index (κ2) is 6.47. The lowest BCUT2D eigenvalue weighted by molar-refractivity contribution is -0.153. The van der Waals surface area contributed by atoms with E-state index in [-0.39, 0.29) is 25.7 Å². The number of hydrogen-bond donors (Lipinski definition) is 0. The summed E-state index contributed by atoms with van der Waals surface area (Å²) in [5.74, 6) is 0.516. The molecule has 4 heterocycles. The van der Waals surface area contributed by atoms with E-state index in [1.165, 1.54) is 11.0 Å². The molecule has 166 valence electrons. The van der Waals surface area contributed by atoms with E-state index in [2.05, 4.69) is 0 Å². The Morgan fingerprint density at radius 1 is 1.06 bits per heavy atom. The number of rotatable bonds is 2. The number of benzene rings is 1. The SMILES string of the molecule is O=C1OC2(COc3cc4c(cc32)OCO4)C2=C(CCC=C2)N1Cc1ccc(C(F)(F)F)o1. The molecule has 0 saturated carbocycles. The van der Waals surface area contributed by atoms with Crippen LogP contribution in [-0.4, -0.2) is 24.4 Å². The van der Waals surface area contributed by atoms with Gasteiger partial charge in [-0.05, 0) is 31.0 Å². The van der Waals surface area contributed by atoms with Crippen molar-refractivity contribution in [2.24, 2.45) is 0 Å². The third-order valence-electron chi connectivity index (χ3n) is 5.98. The monoisotopic (exact) mass is 447 g/mol. The van der Waals surface area contributed by atoms with Crippen molar-refractivity contribution >= 4 is 6.09 Å². The molecule has 1 atom stereocenters. The molecule has 2 aromatic rings. The van der Waals surface area contributed by atoms with Gasteiger partial charge >= 0.3 is 12.3 Å². The van der Waals surface area contributed by atoms with Gasteiger partial charge in [-0.25, -0.2) is 4.79 Å². The zero-order valence-electron chi connectivity index (χ0n) is 16.5. The minimum absolute atomic E-state index is 0.0121. The number of hydrogen-bond acceptors (Lipinski definition) is 6. The molecule has 0 bridgehead atoms. The molecule has 1 unspecified atom stereocenters. The maximum atomic E-state index is 13.1. The number of furan rings is 1. The summed E-state index contributed by atoms with van der Waals surface area (Å²) < 4.78 is 66.4. The number of nitrogens with zero attached hydrogens (tertiary/aromatic N) is 1. The number of alkyl halides is 3. The lowest BCUT2D eigenvalue weighted by atomic mass is 9.81. The first-order valence-electron chi connectivity index (χ1n) is 9.99. The molecule has 1 aliphatic carbocycles. The number of halogens is 3. The zero-order valence-corrected chi connectivity index (χ0v) is 16.5. The normalized spacial score (nSPS) is 23.3.